The standard InChI is InChI=1S/C37H25BN2SSi/c1-22-10-2-3-11-24(22)23-20-29-35-30(21-23)40-28-15-5-7-18-33(28)42-34-19-9-13-26(37(34)40)38(35)25-12-8-17-32-36(25)39(29)27-14-4-6-16-31(27)41-32/h2-21H,42H2,1H3. The lowest BCUT2D eigenvalue weighted by atomic mass is 9.33. The van der Waals surface area contributed by atoms with Gasteiger partial charge in [-0.05, 0) is 86.8 Å². The van der Waals surface area contributed by atoms with E-state index in [0.29, 0.717) is 0 Å². The lowest BCUT2D eigenvalue weighted by molar-refractivity contribution is 1.17. The number of nitrogens with zero attached hydrogens (tertiary/aromatic N) is 2. The fourth-order valence-corrected chi connectivity index (χ4v) is 10.8. The summed E-state index contributed by atoms with van der Waals surface area (Å²) in [7, 11) is -0.595. The monoisotopic (exact) mass is 568 g/mol. The zero-order chi connectivity index (χ0) is 27.5. The molecule has 0 spiro atoms. The van der Waals surface area contributed by atoms with Gasteiger partial charge in [0.2, 0.25) is 0 Å². The Bertz CT molecular complexity index is 2030. The van der Waals surface area contributed by atoms with E-state index in [0.717, 1.165) is 0 Å². The van der Waals surface area contributed by atoms with Gasteiger partial charge in [0.25, 0.3) is 6.71 Å². The third kappa shape index (κ3) is 2.92. The van der Waals surface area contributed by atoms with Gasteiger partial charge >= 0.3 is 0 Å². The second kappa shape index (κ2) is 8.31. The Balaban J connectivity index is 1.38. The summed E-state index contributed by atoms with van der Waals surface area (Å²) in [5, 5.41) is 3.07. The van der Waals surface area contributed by atoms with E-state index in [-0.39, 0.29) is 6.71 Å². The summed E-state index contributed by atoms with van der Waals surface area (Å²) in [6.45, 7) is 2.43. The highest BCUT2D eigenvalue weighted by Gasteiger charge is 2.47. The third-order valence-corrected chi connectivity index (χ3v) is 12.6. The minimum absolute atomic E-state index is 0.198. The van der Waals surface area contributed by atoms with E-state index in [1.54, 1.807) is 5.19 Å². The van der Waals surface area contributed by atoms with Crippen LogP contribution in [0.25, 0.3) is 11.1 Å². The molecule has 0 saturated heterocycles. The van der Waals surface area contributed by atoms with Crippen LogP contribution in [-0.4, -0.2) is 16.2 Å². The minimum atomic E-state index is -0.595. The van der Waals surface area contributed by atoms with Crippen LogP contribution in [0.4, 0.5) is 34.1 Å². The highest BCUT2D eigenvalue weighted by atomic mass is 32.2. The number of aryl methyl sites for hydroxylation is 1. The molecule has 10 rings (SSSR count). The summed E-state index contributed by atoms with van der Waals surface area (Å²) < 4.78 is 0. The third-order valence-electron chi connectivity index (χ3n) is 9.55. The minimum Gasteiger partial charge on any atom is -0.312 e. The van der Waals surface area contributed by atoms with Gasteiger partial charge in [0.1, 0.15) is 0 Å². The van der Waals surface area contributed by atoms with Crippen LogP contribution in [0.2, 0.25) is 0 Å². The second-order valence-corrected chi connectivity index (χ2v) is 14.7. The van der Waals surface area contributed by atoms with Crippen LogP contribution < -0.4 is 36.6 Å². The summed E-state index contributed by atoms with van der Waals surface area (Å²) in [6, 6.07) is 45.9. The molecule has 0 radical (unpaired) electrons. The van der Waals surface area contributed by atoms with Gasteiger partial charge in [-0.1, -0.05) is 96.7 Å². The molecular weight excluding hydrogens is 543 g/mol. The maximum atomic E-state index is 2.62. The van der Waals surface area contributed by atoms with Crippen LogP contribution in [-0.2, 0) is 0 Å². The first-order chi connectivity index (χ1) is 20.8. The molecule has 2 nitrogen and oxygen atoms in total. The van der Waals surface area contributed by atoms with Crippen molar-refractivity contribution in [1.82, 2.24) is 0 Å². The van der Waals surface area contributed by atoms with E-state index in [2.05, 4.69) is 138 Å². The van der Waals surface area contributed by atoms with Crippen LogP contribution in [0.1, 0.15) is 5.56 Å². The van der Waals surface area contributed by atoms with Crippen molar-refractivity contribution in [3.63, 3.8) is 0 Å². The zero-order valence-electron chi connectivity index (χ0n) is 23.1. The van der Waals surface area contributed by atoms with Crippen molar-refractivity contribution in [2.24, 2.45) is 0 Å². The molecule has 0 N–H and O–H groups in total. The number of anilines is 6. The molecule has 0 bridgehead atoms. The number of hydrogen-bond acceptors (Lipinski definition) is 3. The average Bonchev–Trinajstić information content (AvgIpc) is 3.03. The van der Waals surface area contributed by atoms with Crippen LogP contribution in [0, 0.1) is 6.92 Å². The number of hydrogen-bond donors (Lipinski definition) is 0. The predicted molar refractivity (Wildman–Crippen MR) is 183 cm³/mol. The van der Waals surface area contributed by atoms with Crippen LogP contribution in [0.5, 0.6) is 0 Å². The quantitative estimate of drug-likeness (QED) is 0.237. The van der Waals surface area contributed by atoms with Gasteiger partial charge in [0, 0.05) is 32.5 Å². The highest BCUT2D eigenvalue weighted by Crippen LogP contribution is 2.54. The van der Waals surface area contributed by atoms with Gasteiger partial charge in [-0.15, -0.1) is 0 Å². The lowest BCUT2D eigenvalue weighted by Gasteiger charge is -2.48. The average molecular weight is 569 g/mol. The van der Waals surface area contributed by atoms with Gasteiger partial charge in [-0.3, -0.25) is 0 Å². The van der Waals surface area contributed by atoms with Gasteiger partial charge < -0.3 is 9.80 Å². The van der Waals surface area contributed by atoms with E-state index in [4.69, 9.17) is 0 Å². The molecule has 6 aromatic rings. The molecule has 196 valence electrons. The second-order valence-electron chi connectivity index (χ2n) is 11.8. The summed E-state index contributed by atoms with van der Waals surface area (Å²) in [5.74, 6) is 0. The molecule has 5 heteroatoms. The fourth-order valence-electron chi connectivity index (χ4n) is 7.84. The Morgan fingerprint density at radius 2 is 1.21 bits per heavy atom. The van der Waals surface area contributed by atoms with Crippen molar-refractivity contribution < 1.29 is 0 Å². The molecule has 6 aromatic carbocycles. The number of fused-ring (bicyclic) bond motifs is 8. The molecule has 0 atom stereocenters. The fraction of sp³-hybridized carbons (Fsp3) is 0.0270. The van der Waals surface area contributed by atoms with Gasteiger partial charge in [0.15, 0.2) is 0 Å². The molecular formula is C37H25BN2SSi. The topological polar surface area (TPSA) is 6.48 Å². The van der Waals surface area contributed by atoms with Crippen molar-refractivity contribution in [3.05, 3.63) is 127 Å². The largest absolute Gasteiger partial charge is 0.312 e. The highest BCUT2D eigenvalue weighted by molar-refractivity contribution is 7.99. The van der Waals surface area contributed by atoms with Gasteiger partial charge in [0.05, 0.1) is 20.9 Å². The van der Waals surface area contributed by atoms with Crippen molar-refractivity contribution in [3.8, 4) is 11.1 Å². The molecule has 42 heavy (non-hydrogen) atoms. The normalized spacial score (nSPS) is 15.0. The molecule has 4 heterocycles. The van der Waals surface area contributed by atoms with Gasteiger partial charge in [-0.2, -0.15) is 0 Å². The molecule has 0 aromatic heterocycles. The van der Waals surface area contributed by atoms with E-state index >= 15 is 0 Å². The van der Waals surface area contributed by atoms with Crippen LogP contribution in [0.15, 0.2) is 131 Å². The summed E-state index contributed by atoms with van der Waals surface area (Å²) in [6.07, 6.45) is 0. The summed E-state index contributed by atoms with van der Waals surface area (Å²) in [4.78, 5) is 7.84. The SMILES string of the molecule is Cc1ccccc1-c1cc2c3c(c1)N1c4ccccc4Sc4cccc(c41)B3c1cccc3c1N2c1ccccc1[SiH2]3. The summed E-state index contributed by atoms with van der Waals surface area (Å²) >= 11 is 1.91. The Hall–Kier alpha value is -4.45. The molecule has 4 aliphatic heterocycles. The predicted octanol–water partition coefficient (Wildman–Crippen LogP) is 5.64. The molecule has 4 aliphatic rings. The Morgan fingerprint density at radius 3 is 2.07 bits per heavy atom. The molecule has 0 amide bonds. The van der Waals surface area contributed by atoms with E-state index in [1.807, 2.05) is 11.8 Å². The van der Waals surface area contributed by atoms with Crippen molar-refractivity contribution >= 4 is 88.9 Å². The number of para-hydroxylation sites is 4. The molecule has 0 saturated carbocycles. The Kier molecular flexibility index (Phi) is 4.58. The first-order valence-electron chi connectivity index (χ1n) is 14.7. The molecule has 0 unspecified atom stereocenters. The lowest BCUT2D eigenvalue weighted by Crippen LogP contribution is -2.64. The number of rotatable bonds is 1. The molecule has 0 aliphatic carbocycles. The van der Waals surface area contributed by atoms with E-state index in [1.165, 1.54) is 82.2 Å². The van der Waals surface area contributed by atoms with Gasteiger partial charge in [-0.25, -0.2) is 0 Å². The van der Waals surface area contributed by atoms with Crippen molar-refractivity contribution in [2.45, 2.75) is 16.7 Å². The van der Waals surface area contributed by atoms with E-state index < -0.39 is 9.52 Å². The first-order valence-corrected chi connectivity index (χ1v) is 16.9. The van der Waals surface area contributed by atoms with E-state index in [9.17, 15) is 0 Å². The van der Waals surface area contributed by atoms with Crippen molar-refractivity contribution in [1.29, 1.82) is 0 Å². The van der Waals surface area contributed by atoms with Crippen LogP contribution in [0.3, 0.4) is 0 Å². The zero-order valence-corrected chi connectivity index (χ0v) is 25.4. The smallest absolute Gasteiger partial charge is 0.252 e. The summed E-state index contributed by atoms with van der Waals surface area (Å²) in [5.41, 5.74) is 16.2. The maximum Gasteiger partial charge on any atom is 0.252 e. The Morgan fingerprint density at radius 1 is 0.571 bits per heavy atom. The maximum absolute atomic E-state index is 2.62. The van der Waals surface area contributed by atoms with Crippen LogP contribution >= 0.6 is 11.8 Å². The van der Waals surface area contributed by atoms with Crippen molar-refractivity contribution in [2.75, 3.05) is 9.80 Å². The molecule has 0 fully saturated rings. The Labute approximate surface area is 252 Å². The first kappa shape index (κ1) is 23.2. The number of benzene rings is 6.